The molecule has 0 bridgehead atoms. The zero-order chi connectivity index (χ0) is 23.1. The molecule has 6 rings (SSSR count). The number of para-hydroxylation sites is 2. The lowest BCUT2D eigenvalue weighted by atomic mass is 10.0. The molecule has 34 heavy (non-hydrogen) atoms. The van der Waals surface area contributed by atoms with Gasteiger partial charge >= 0.3 is 0 Å². The minimum Gasteiger partial charge on any atom is -0.507 e. The molecule has 6 aromatic rings. The van der Waals surface area contributed by atoms with Gasteiger partial charge in [-0.3, -0.25) is 4.79 Å². The summed E-state index contributed by atoms with van der Waals surface area (Å²) in [6, 6.07) is 28.2. The van der Waals surface area contributed by atoms with Gasteiger partial charge in [-0.1, -0.05) is 54.6 Å². The number of rotatable bonds is 3. The van der Waals surface area contributed by atoms with E-state index in [0.717, 1.165) is 31.4 Å². The summed E-state index contributed by atoms with van der Waals surface area (Å²) < 4.78 is 7.23. The van der Waals surface area contributed by atoms with E-state index in [0.29, 0.717) is 11.1 Å². The highest BCUT2D eigenvalue weighted by Crippen LogP contribution is 2.32. The number of nitrogens with zero attached hydrogens (tertiary/aromatic N) is 2. The standard InChI is InChI=1S/C27H17N3O3S/c31-22-11-5-3-9-18(22)25(32)29-30-26-20(27-28-21-10-4-6-12-24(21)34-27)15-19-17-8-2-1-7-16(17)13-14-23(19)33-26/h1-15,31H,(H,29,32). The molecule has 0 unspecified atom stereocenters. The van der Waals surface area contributed by atoms with Crippen LogP contribution in [0.4, 0.5) is 0 Å². The van der Waals surface area contributed by atoms with Crippen molar-refractivity contribution in [3.63, 3.8) is 0 Å². The SMILES string of the molecule is O=C(NN=c1oc2ccc3ccccc3c2cc1-c1nc2ccccc2s1)c1ccccc1O. The summed E-state index contributed by atoms with van der Waals surface area (Å²) in [7, 11) is 0. The normalized spacial score (nSPS) is 11.9. The smallest absolute Gasteiger partial charge is 0.275 e. The van der Waals surface area contributed by atoms with Crippen molar-refractivity contribution in [2.24, 2.45) is 5.10 Å². The van der Waals surface area contributed by atoms with Gasteiger partial charge in [-0.25, -0.2) is 10.4 Å². The maximum atomic E-state index is 12.6. The molecule has 0 saturated heterocycles. The van der Waals surface area contributed by atoms with Gasteiger partial charge in [-0.2, -0.15) is 0 Å². The van der Waals surface area contributed by atoms with Gasteiger partial charge in [-0.05, 0) is 47.2 Å². The second kappa shape index (κ2) is 8.13. The third kappa shape index (κ3) is 3.48. The van der Waals surface area contributed by atoms with Gasteiger partial charge in [0.2, 0.25) is 5.55 Å². The summed E-state index contributed by atoms with van der Waals surface area (Å²) >= 11 is 1.53. The van der Waals surface area contributed by atoms with Crippen LogP contribution in [0.5, 0.6) is 5.75 Å². The summed E-state index contributed by atoms with van der Waals surface area (Å²) in [5.41, 5.74) is 5.05. The summed E-state index contributed by atoms with van der Waals surface area (Å²) in [6.07, 6.45) is 0. The number of fused-ring (bicyclic) bond motifs is 4. The minimum absolute atomic E-state index is 0.122. The quantitative estimate of drug-likeness (QED) is 0.256. The Morgan fingerprint density at radius 2 is 1.71 bits per heavy atom. The Morgan fingerprint density at radius 1 is 0.912 bits per heavy atom. The summed E-state index contributed by atoms with van der Waals surface area (Å²) in [5.74, 6) is -0.661. The molecule has 2 aromatic heterocycles. The van der Waals surface area contributed by atoms with Crippen molar-refractivity contribution in [1.29, 1.82) is 0 Å². The van der Waals surface area contributed by atoms with Crippen LogP contribution in [0.2, 0.25) is 0 Å². The fourth-order valence-electron chi connectivity index (χ4n) is 3.93. The predicted molar refractivity (Wildman–Crippen MR) is 133 cm³/mol. The third-order valence-electron chi connectivity index (χ3n) is 5.59. The highest BCUT2D eigenvalue weighted by atomic mass is 32.1. The molecule has 0 aliphatic carbocycles. The summed E-state index contributed by atoms with van der Waals surface area (Å²) in [6.45, 7) is 0. The van der Waals surface area contributed by atoms with E-state index in [2.05, 4.69) is 16.6 Å². The van der Waals surface area contributed by atoms with Gasteiger partial charge in [0.15, 0.2) is 0 Å². The van der Waals surface area contributed by atoms with Crippen LogP contribution in [-0.2, 0) is 0 Å². The molecule has 0 spiro atoms. The average molecular weight is 464 g/mol. The molecule has 0 aliphatic rings. The number of carbonyl (C=O) groups is 1. The molecule has 0 fully saturated rings. The van der Waals surface area contributed by atoms with Crippen LogP contribution >= 0.6 is 11.3 Å². The van der Waals surface area contributed by atoms with Crippen molar-refractivity contribution < 1.29 is 14.3 Å². The van der Waals surface area contributed by atoms with Crippen molar-refractivity contribution in [2.45, 2.75) is 0 Å². The van der Waals surface area contributed by atoms with E-state index in [1.165, 1.54) is 23.5 Å². The lowest BCUT2D eigenvalue weighted by Crippen LogP contribution is -2.22. The van der Waals surface area contributed by atoms with Crippen LogP contribution in [0.25, 0.3) is 42.5 Å². The van der Waals surface area contributed by atoms with Crippen molar-refractivity contribution in [3.8, 4) is 16.3 Å². The van der Waals surface area contributed by atoms with E-state index in [9.17, 15) is 9.90 Å². The maximum absolute atomic E-state index is 12.6. The van der Waals surface area contributed by atoms with Gasteiger partial charge in [0.05, 0.1) is 21.3 Å². The Morgan fingerprint density at radius 3 is 2.59 bits per heavy atom. The molecular formula is C27H17N3O3S. The first kappa shape index (κ1) is 20.1. The largest absolute Gasteiger partial charge is 0.507 e. The van der Waals surface area contributed by atoms with Crippen LogP contribution < -0.4 is 11.0 Å². The molecule has 0 saturated carbocycles. The highest BCUT2D eigenvalue weighted by Gasteiger charge is 2.15. The number of thiazole rings is 1. The Labute approximate surface area is 197 Å². The molecule has 7 heteroatoms. The van der Waals surface area contributed by atoms with E-state index in [4.69, 9.17) is 9.40 Å². The summed E-state index contributed by atoms with van der Waals surface area (Å²) in [4.78, 5) is 17.4. The molecule has 2 heterocycles. The Kier molecular flexibility index (Phi) is 4.82. The number of hydrogen-bond donors (Lipinski definition) is 2. The first-order valence-electron chi connectivity index (χ1n) is 10.6. The molecule has 164 valence electrons. The second-order valence-corrected chi connectivity index (χ2v) is 8.75. The van der Waals surface area contributed by atoms with Gasteiger partial charge in [0.1, 0.15) is 16.3 Å². The number of hydrogen-bond acceptors (Lipinski definition) is 6. The van der Waals surface area contributed by atoms with Crippen molar-refractivity contribution in [3.05, 3.63) is 102 Å². The van der Waals surface area contributed by atoms with Crippen molar-refractivity contribution >= 4 is 49.2 Å². The van der Waals surface area contributed by atoms with Crippen LogP contribution in [0.15, 0.2) is 101 Å². The topological polar surface area (TPSA) is 87.7 Å². The van der Waals surface area contributed by atoms with Crippen LogP contribution in [0.1, 0.15) is 10.4 Å². The predicted octanol–water partition coefficient (Wildman–Crippen LogP) is 5.81. The van der Waals surface area contributed by atoms with E-state index in [-0.39, 0.29) is 16.9 Å². The van der Waals surface area contributed by atoms with Gasteiger partial charge in [-0.15, -0.1) is 16.4 Å². The first-order chi connectivity index (χ1) is 16.7. The Hall–Kier alpha value is -4.49. The Balaban J connectivity index is 1.56. The fraction of sp³-hybridized carbons (Fsp3) is 0. The van der Waals surface area contributed by atoms with Crippen molar-refractivity contribution in [2.75, 3.05) is 0 Å². The Bertz CT molecular complexity index is 1750. The lowest BCUT2D eigenvalue weighted by molar-refractivity contribution is 0.0949. The maximum Gasteiger partial charge on any atom is 0.275 e. The lowest BCUT2D eigenvalue weighted by Gasteiger charge is -2.06. The monoisotopic (exact) mass is 463 g/mol. The number of aromatic nitrogens is 1. The molecule has 0 aliphatic heterocycles. The van der Waals surface area contributed by atoms with Crippen LogP contribution in [0, 0.1) is 0 Å². The van der Waals surface area contributed by atoms with E-state index < -0.39 is 5.91 Å². The molecule has 1 amide bonds. The van der Waals surface area contributed by atoms with E-state index in [1.807, 2.05) is 60.7 Å². The van der Waals surface area contributed by atoms with Gasteiger partial charge in [0, 0.05) is 5.39 Å². The number of carbonyl (C=O) groups excluding carboxylic acids is 1. The third-order valence-corrected chi connectivity index (χ3v) is 6.66. The van der Waals surface area contributed by atoms with E-state index >= 15 is 0 Å². The zero-order valence-electron chi connectivity index (χ0n) is 17.7. The molecule has 2 N–H and O–H groups in total. The first-order valence-corrected chi connectivity index (χ1v) is 11.4. The molecule has 4 aromatic carbocycles. The number of phenolic OH excluding ortho intramolecular Hbond substituents is 1. The van der Waals surface area contributed by atoms with Crippen LogP contribution in [-0.4, -0.2) is 16.0 Å². The molecule has 6 nitrogen and oxygen atoms in total. The average Bonchev–Trinajstić information content (AvgIpc) is 3.31. The molecular weight excluding hydrogens is 446 g/mol. The number of nitrogens with one attached hydrogen (secondary N) is 1. The second-order valence-electron chi connectivity index (χ2n) is 7.72. The van der Waals surface area contributed by atoms with E-state index in [1.54, 1.807) is 12.1 Å². The highest BCUT2D eigenvalue weighted by molar-refractivity contribution is 7.21. The number of aromatic hydroxyl groups is 1. The van der Waals surface area contributed by atoms with Gasteiger partial charge < -0.3 is 9.52 Å². The van der Waals surface area contributed by atoms with Crippen molar-refractivity contribution in [1.82, 2.24) is 10.4 Å². The number of amides is 1. The molecule has 0 atom stereocenters. The minimum atomic E-state index is -0.540. The summed E-state index contributed by atoms with van der Waals surface area (Å²) in [5, 5.41) is 18.1. The van der Waals surface area contributed by atoms with Crippen LogP contribution in [0.3, 0.4) is 0 Å². The number of phenols is 1. The molecule has 0 radical (unpaired) electrons. The number of benzene rings is 4. The van der Waals surface area contributed by atoms with Gasteiger partial charge in [0.25, 0.3) is 5.91 Å². The fourth-order valence-corrected chi connectivity index (χ4v) is 4.90. The zero-order valence-corrected chi connectivity index (χ0v) is 18.5.